The molecule has 0 amide bonds. The maximum atomic E-state index is 13.5. The average Bonchev–Trinajstić information content (AvgIpc) is 3.39. The first-order valence-electron chi connectivity index (χ1n) is 10.8. The van der Waals surface area contributed by atoms with E-state index < -0.39 is 0 Å². The van der Waals surface area contributed by atoms with E-state index in [-0.39, 0.29) is 18.5 Å². The van der Waals surface area contributed by atoms with Crippen LogP contribution < -0.4 is 5.32 Å². The number of nitrogens with zero attached hydrogens (tertiary/aromatic N) is 5. The number of nitrogens with one attached hydrogen (secondary N) is 1. The molecule has 2 N–H and O–H groups in total. The molecule has 4 aromatic rings. The molecule has 2 aromatic heterocycles. The Morgan fingerprint density at radius 2 is 1.94 bits per heavy atom. The lowest BCUT2D eigenvalue weighted by Gasteiger charge is -2.27. The fourth-order valence-electron chi connectivity index (χ4n) is 4.11. The second-order valence-corrected chi connectivity index (χ2v) is 8.16. The number of aromatic nitrogens is 5. The Balaban J connectivity index is 1.48. The molecular formula is C24H25FN6O2. The highest BCUT2D eigenvalue weighted by molar-refractivity contribution is 5.70. The van der Waals surface area contributed by atoms with Crippen molar-refractivity contribution in [3.8, 4) is 11.3 Å². The van der Waals surface area contributed by atoms with Crippen molar-refractivity contribution < 1.29 is 14.2 Å². The van der Waals surface area contributed by atoms with Crippen LogP contribution in [0.5, 0.6) is 0 Å². The standard InChI is InChI=1S/C24H25FN6O2/c1-15-3-4-18(21-11-16(2)30(29-21)9-10-32)12-20(15)26-24-28-27-23-14-33-13-22(31(23)24)17-5-7-19(25)8-6-17/h3-8,11-12,22,32H,9-10,13-14H2,1-2H3,(H,26,28)/t22-/m0/s1. The molecule has 0 bridgehead atoms. The molecule has 0 radical (unpaired) electrons. The predicted octanol–water partition coefficient (Wildman–Crippen LogP) is 3.75. The van der Waals surface area contributed by atoms with Gasteiger partial charge in [0.25, 0.3) is 0 Å². The van der Waals surface area contributed by atoms with E-state index in [4.69, 9.17) is 4.74 Å². The fourth-order valence-corrected chi connectivity index (χ4v) is 4.11. The Labute approximate surface area is 190 Å². The van der Waals surface area contributed by atoms with Gasteiger partial charge in [-0.15, -0.1) is 10.2 Å². The molecule has 0 spiro atoms. The first-order chi connectivity index (χ1) is 16.0. The number of aryl methyl sites for hydroxylation is 2. The average molecular weight is 449 g/mol. The van der Waals surface area contributed by atoms with E-state index in [0.717, 1.165) is 33.8 Å². The molecule has 0 unspecified atom stereocenters. The van der Waals surface area contributed by atoms with Crippen LogP contribution in [0.2, 0.25) is 0 Å². The molecule has 1 atom stereocenters. The first-order valence-corrected chi connectivity index (χ1v) is 10.8. The van der Waals surface area contributed by atoms with Gasteiger partial charge in [-0.1, -0.05) is 24.3 Å². The molecule has 1 aliphatic rings. The predicted molar refractivity (Wildman–Crippen MR) is 122 cm³/mol. The van der Waals surface area contributed by atoms with Crippen LogP contribution in [-0.2, 0) is 17.9 Å². The van der Waals surface area contributed by atoms with Gasteiger partial charge in [0.15, 0.2) is 5.82 Å². The highest BCUT2D eigenvalue weighted by Crippen LogP contribution is 2.32. The number of benzene rings is 2. The first kappa shape index (κ1) is 21.3. The molecule has 9 heteroatoms. The number of hydrogen-bond acceptors (Lipinski definition) is 6. The van der Waals surface area contributed by atoms with Crippen LogP contribution in [-0.4, -0.2) is 42.9 Å². The van der Waals surface area contributed by atoms with Crippen LogP contribution in [0.4, 0.5) is 16.0 Å². The summed E-state index contributed by atoms with van der Waals surface area (Å²) in [6, 6.07) is 14.4. The highest BCUT2D eigenvalue weighted by atomic mass is 19.1. The van der Waals surface area contributed by atoms with Crippen LogP contribution in [0.25, 0.3) is 11.3 Å². The molecule has 5 rings (SSSR count). The number of hydrogen-bond donors (Lipinski definition) is 2. The summed E-state index contributed by atoms with van der Waals surface area (Å²) in [5.41, 5.74) is 5.65. The van der Waals surface area contributed by atoms with Gasteiger partial charge in [0.2, 0.25) is 5.95 Å². The van der Waals surface area contributed by atoms with Gasteiger partial charge in [0.1, 0.15) is 12.4 Å². The maximum absolute atomic E-state index is 13.5. The van der Waals surface area contributed by atoms with Crippen molar-refractivity contribution in [2.24, 2.45) is 0 Å². The van der Waals surface area contributed by atoms with Crippen molar-refractivity contribution in [1.82, 2.24) is 24.5 Å². The minimum atomic E-state index is -0.276. The number of anilines is 2. The lowest BCUT2D eigenvalue weighted by atomic mass is 10.1. The zero-order valence-electron chi connectivity index (χ0n) is 18.5. The number of aliphatic hydroxyl groups is 1. The zero-order valence-corrected chi connectivity index (χ0v) is 18.5. The molecule has 33 heavy (non-hydrogen) atoms. The number of halogens is 1. The van der Waals surface area contributed by atoms with Gasteiger partial charge >= 0.3 is 0 Å². The lowest BCUT2D eigenvalue weighted by molar-refractivity contribution is 0.0670. The topological polar surface area (TPSA) is 90.0 Å². The molecular weight excluding hydrogens is 423 g/mol. The highest BCUT2D eigenvalue weighted by Gasteiger charge is 2.27. The second kappa shape index (κ2) is 8.76. The normalized spacial score (nSPS) is 15.5. The van der Waals surface area contributed by atoms with Crippen LogP contribution in [0.3, 0.4) is 0 Å². The number of rotatable bonds is 6. The molecule has 0 aliphatic carbocycles. The summed E-state index contributed by atoms with van der Waals surface area (Å²) in [5, 5.41) is 26.0. The van der Waals surface area contributed by atoms with Gasteiger partial charge in [-0.2, -0.15) is 5.10 Å². The Bertz CT molecular complexity index is 1280. The van der Waals surface area contributed by atoms with E-state index >= 15 is 0 Å². The monoisotopic (exact) mass is 448 g/mol. The van der Waals surface area contributed by atoms with Crippen molar-refractivity contribution in [3.63, 3.8) is 0 Å². The molecule has 3 heterocycles. The van der Waals surface area contributed by atoms with Crippen molar-refractivity contribution in [2.45, 2.75) is 33.0 Å². The Morgan fingerprint density at radius 1 is 1.12 bits per heavy atom. The van der Waals surface area contributed by atoms with Crippen LogP contribution >= 0.6 is 0 Å². The van der Waals surface area contributed by atoms with Crippen molar-refractivity contribution in [2.75, 3.05) is 18.5 Å². The van der Waals surface area contributed by atoms with Gasteiger partial charge < -0.3 is 15.2 Å². The summed E-state index contributed by atoms with van der Waals surface area (Å²) in [6.07, 6.45) is 0. The largest absolute Gasteiger partial charge is 0.394 e. The van der Waals surface area contributed by atoms with Gasteiger partial charge in [-0.3, -0.25) is 9.25 Å². The third-order valence-corrected chi connectivity index (χ3v) is 5.91. The molecule has 0 saturated carbocycles. The van der Waals surface area contributed by atoms with Gasteiger partial charge in [-0.25, -0.2) is 4.39 Å². The summed E-state index contributed by atoms with van der Waals surface area (Å²) >= 11 is 0. The molecule has 0 saturated heterocycles. The summed E-state index contributed by atoms with van der Waals surface area (Å²) in [4.78, 5) is 0. The number of fused-ring (bicyclic) bond motifs is 1. The Kier molecular flexibility index (Phi) is 5.65. The van der Waals surface area contributed by atoms with Crippen LogP contribution in [0.15, 0.2) is 48.5 Å². The SMILES string of the molecule is Cc1ccc(-c2cc(C)n(CCO)n2)cc1Nc1nnc2n1[C@H](c1ccc(F)cc1)COC2. The van der Waals surface area contributed by atoms with E-state index in [1.807, 2.05) is 42.7 Å². The second-order valence-electron chi connectivity index (χ2n) is 8.16. The van der Waals surface area contributed by atoms with E-state index in [1.54, 1.807) is 16.8 Å². The molecule has 170 valence electrons. The van der Waals surface area contributed by atoms with Gasteiger partial charge in [-0.05, 0) is 49.2 Å². The van der Waals surface area contributed by atoms with Gasteiger partial charge in [0, 0.05) is 16.9 Å². The molecule has 2 aromatic carbocycles. The molecule has 0 fully saturated rings. The van der Waals surface area contributed by atoms with E-state index in [9.17, 15) is 9.50 Å². The fraction of sp³-hybridized carbons (Fsp3) is 0.292. The minimum Gasteiger partial charge on any atom is -0.394 e. The van der Waals surface area contributed by atoms with Gasteiger partial charge in [0.05, 0.1) is 31.5 Å². The Morgan fingerprint density at radius 3 is 2.73 bits per heavy atom. The number of ether oxygens (including phenoxy) is 1. The summed E-state index contributed by atoms with van der Waals surface area (Å²) in [7, 11) is 0. The molecule has 8 nitrogen and oxygen atoms in total. The van der Waals surface area contributed by atoms with E-state index in [2.05, 4.69) is 20.6 Å². The third-order valence-electron chi connectivity index (χ3n) is 5.91. The summed E-state index contributed by atoms with van der Waals surface area (Å²) in [6.45, 7) is 5.31. The van der Waals surface area contributed by atoms with Crippen molar-refractivity contribution >= 4 is 11.6 Å². The van der Waals surface area contributed by atoms with Crippen molar-refractivity contribution in [3.05, 3.63) is 77.0 Å². The summed E-state index contributed by atoms with van der Waals surface area (Å²) in [5.74, 6) is 1.04. The Hall–Kier alpha value is -3.56. The minimum absolute atomic E-state index is 0.0413. The van der Waals surface area contributed by atoms with Crippen LogP contribution in [0.1, 0.15) is 28.7 Å². The van der Waals surface area contributed by atoms with E-state index in [1.165, 1.54) is 12.1 Å². The van der Waals surface area contributed by atoms with E-state index in [0.29, 0.717) is 31.5 Å². The zero-order chi connectivity index (χ0) is 22.9. The lowest BCUT2D eigenvalue weighted by Crippen LogP contribution is -2.25. The maximum Gasteiger partial charge on any atom is 0.229 e. The van der Waals surface area contributed by atoms with Crippen molar-refractivity contribution in [1.29, 1.82) is 0 Å². The summed E-state index contributed by atoms with van der Waals surface area (Å²) < 4.78 is 23.0. The van der Waals surface area contributed by atoms with Crippen LogP contribution in [0, 0.1) is 19.7 Å². The third kappa shape index (κ3) is 4.12. The number of aliphatic hydroxyl groups excluding tert-OH is 1. The molecule has 1 aliphatic heterocycles. The quantitative estimate of drug-likeness (QED) is 0.467. The smallest absolute Gasteiger partial charge is 0.229 e.